The molecule has 0 bridgehead atoms. The minimum atomic E-state index is 0. The minimum Gasteiger partial charge on any atom is -0.147 e. The van der Waals surface area contributed by atoms with Crippen LogP contribution in [0.15, 0.2) is 18.2 Å². The van der Waals surface area contributed by atoms with Crippen molar-refractivity contribution in [2.24, 2.45) is 0 Å². The van der Waals surface area contributed by atoms with E-state index in [0.717, 1.165) is 4.71 Å². The van der Waals surface area contributed by atoms with Crippen LogP contribution in [0.4, 0.5) is 0 Å². The molecule has 17 heavy (non-hydrogen) atoms. The van der Waals surface area contributed by atoms with E-state index in [9.17, 15) is 0 Å². The van der Waals surface area contributed by atoms with Gasteiger partial charge in [-0.25, -0.2) is 0 Å². The molecule has 1 fully saturated rings. The molecule has 1 heterocycles. The molecule has 0 aromatic heterocycles. The number of halogens is 2. The predicted molar refractivity (Wildman–Crippen MR) is 81.7 cm³/mol. The fourth-order valence-electron chi connectivity index (χ4n) is 2.01. The first kappa shape index (κ1) is 17.3. The fraction of sp³-hybridized carbons (Fsp3) is 0.538. The Morgan fingerprint density at radius 2 is 1.76 bits per heavy atom. The smallest absolute Gasteiger partial charge is 0.147 e. The Bertz CT molecular complexity index is 338. The van der Waals surface area contributed by atoms with Crippen molar-refractivity contribution in [3.8, 4) is 0 Å². The van der Waals surface area contributed by atoms with E-state index in [2.05, 4.69) is 37.4 Å². The van der Waals surface area contributed by atoms with Crippen molar-refractivity contribution < 1.29 is 0 Å². The first-order valence-electron chi connectivity index (χ1n) is 5.75. The zero-order chi connectivity index (χ0) is 10.7. The molecular weight excluding hydrogens is 316 g/mol. The molecular formula is C13H21AsCl2N. The molecule has 1 saturated heterocycles. The van der Waals surface area contributed by atoms with Gasteiger partial charge in [-0.15, -0.1) is 24.8 Å². The number of hydrogen-bond acceptors (Lipinski definition) is 1. The van der Waals surface area contributed by atoms with Gasteiger partial charge in [-0.05, 0) is 0 Å². The molecule has 0 spiro atoms. The van der Waals surface area contributed by atoms with Gasteiger partial charge in [0.1, 0.15) is 0 Å². The summed E-state index contributed by atoms with van der Waals surface area (Å²) >= 11 is 0.382. The molecule has 1 radical (unpaired) electrons. The van der Waals surface area contributed by atoms with Gasteiger partial charge in [0.05, 0.1) is 0 Å². The van der Waals surface area contributed by atoms with Crippen molar-refractivity contribution in [1.29, 1.82) is 0 Å². The van der Waals surface area contributed by atoms with Crippen LogP contribution in [-0.2, 0) is 0 Å². The zero-order valence-corrected chi connectivity index (χ0v) is 13.9. The van der Waals surface area contributed by atoms with Gasteiger partial charge in [0.2, 0.25) is 0 Å². The summed E-state index contributed by atoms with van der Waals surface area (Å²) < 4.78 is 2.64. The predicted octanol–water partition coefficient (Wildman–Crippen LogP) is 2.65. The van der Waals surface area contributed by atoms with Crippen molar-refractivity contribution in [2.75, 3.05) is 13.1 Å². The summed E-state index contributed by atoms with van der Waals surface area (Å²) in [5.74, 6) is 0. The summed E-state index contributed by atoms with van der Waals surface area (Å²) in [6.07, 6.45) is 2.76. The summed E-state index contributed by atoms with van der Waals surface area (Å²) in [5.41, 5.74) is 2.99. The molecule has 1 aliphatic heterocycles. The van der Waals surface area contributed by atoms with Crippen molar-refractivity contribution in [3.05, 3.63) is 29.3 Å². The molecule has 1 aromatic rings. The maximum atomic E-state index is 3.44. The average Bonchev–Trinajstić information content (AvgIpc) is 2.26. The maximum absolute atomic E-state index is 3.44. The van der Waals surface area contributed by atoms with E-state index in [-0.39, 0.29) is 24.8 Å². The normalized spacial score (nSPS) is 16.6. The maximum Gasteiger partial charge on any atom is -0.147 e. The van der Waals surface area contributed by atoms with Gasteiger partial charge in [-0.2, -0.15) is 0 Å². The van der Waals surface area contributed by atoms with Crippen LogP contribution in [0.2, 0.25) is 4.71 Å². The van der Waals surface area contributed by atoms with E-state index < -0.39 is 0 Å². The molecule has 0 atom stereocenters. The number of hydrogen-bond donors (Lipinski definition) is 1. The summed E-state index contributed by atoms with van der Waals surface area (Å²) in [7, 11) is 0. The molecule has 1 aliphatic rings. The largest absolute Gasteiger partial charge is 0.147 e. The molecule has 4 heteroatoms. The molecule has 0 amide bonds. The summed E-state index contributed by atoms with van der Waals surface area (Å²) in [6.45, 7) is 6.96. The summed E-state index contributed by atoms with van der Waals surface area (Å²) in [5, 5.41) is 3.44. The molecule has 0 saturated carbocycles. The van der Waals surface area contributed by atoms with Crippen LogP contribution in [0, 0.1) is 13.8 Å². The van der Waals surface area contributed by atoms with Gasteiger partial charge in [-0.3, -0.25) is 0 Å². The second-order valence-electron chi connectivity index (χ2n) is 4.33. The van der Waals surface area contributed by atoms with Crippen molar-refractivity contribution in [3.63, 3.8) is 0 Å². The van der Waals surface area contributed by atoms with Crippen molar-refractivity contribution in [1.82, 2.24) is 5.32 Å². The van der Waals surface area contributed by atoms with E-state index >= 15 is 0 Å². The second kappa shape index (κ2) is 8.43. The average molecular weight is 337 g/mol. The van der Waals surface area contributed by atoms with E-state index in [4.69, 9.17) is 0 Å². The van der Waals surface area contributed by atoms with Crippen LogP contribution in [0.25, 0.3) is 0 Å². The summed E-state index contributed by atoms with van der Waals surface area (Å²) in [6, 6.07) is 6.78. The van der Waals surface area contributed by atoms with Crippen molar-refractivity contribution in [2.45, 2.75) is 31.4 Å². The number of benzene rings is 1. The SMILES string of the molecule is Cc1cccc([As]C2CCNCC2)c1C.Cl.Cl. The number of aryl methyl sites for hydroxylation is 1. The van der Waals surface area contributed by atoms with Crippen LogP contribution in [0.3, 0.4) is 0 Å². The standard InChI is InChI=1S/C13H19AsN.2ClH/c1-10-4-3-5-13(11(10)2)14-12-6-8-15-9-7-12;;/h3-5,12,15H,6-9H2,1-2H3;2*1H. The van der Waals surface area contributed by atoms with Crippen LogP contribution in [-0.4, -0.2) is 28.8 Å². The Balaban J connectivity index is 0.00000128. The molecule has 1 nitrogen and oxygen atoms in total. The quantitative estimate of drug-likeness (QED) is 0.819. The van der Waals surface area contributed by atoms with E-state index in [1.165, 1.54) is 37.1 Å². The third-order valence-electron chi connectivity index (χ3n) is 3.21. The zero-order valence-electron chi connectivity index (χ0n) is 10.4. The van der Waals surface area contributed by atoms with Crippen LogP contribution in [0.1, 0.15) is 24.0 Å². The number of rotatable bonds is 2. The van der Waals surface area contributed by atoms with Gasteiger partial charge in [0, 0.05) is 0 Å². The third-order valence-corrected chi connectivity index (χ3v) is 6.66. The monoisotopic (exact) mass is 336 g/mol. The number of piperidine rings is 1. The first-order chi connectivity index (χ1) is 7.27. The van der Waals surface area contributed by atoms with Gasteiger partial charge in [0.25, 0.3) is 0 Å². The number of nitrogens with one attached hydrogen (secondary N) is 1. The van der Waals surface area contributed by atoms with E-state index in [1.807, 2.05) is 0 Å². The molecule has 97 valence electrons. The molecule has 1 N–H and O–H groups in total. The van der Waals surface area contributed by atoms with Gasteiger partial charge < -0.3 is 0 Å². The molecule has 2 rings (SSSR count). The van der Waals surface area contributed by atoms with Crippen LogP contribution >= 0.6 is 24.8 Å². The molecule has 0 unspecified atom stereocenters. The Hall–Kier alpha value is 0.318. The van der Waals surface area contributed by atoms with Gasteiger partial charge in [0.15, 0.2) is 0 Å². The third kappa shape index (κ3) is 4.83. The second-order valence-corrected chi connectivity index (χ2v) is 7.41. The Morgan fingerprint density at radius 3 is 2.41 bits per heavy atom. The van der Waals surface area contributed by atoms with E-state index in [0.29, 0.717) is 15.8 Å². The Labute approximate surface area is 124 Å². The first-order valence-corrected chi connectivity index (χ1v) is 7.77. The minimum absolute atomic E-state index is 0. The molecule has 1 aromatic carbocycles. The van der Waals surface area contributed by atoms with E-state index in [1.54, 1.807) is 4.35 Å². The van der Waals surface area contributed by atoms with Gasteiger partial charge in [-0.1, -0.05) is 0 Å². The topological polar surface area (TPSA) is 12.0 Å². The fourth-order valence-corrected chi connectivity index (χ4v) is 5.05. The van der Waals surface area contributed by atoms with Crippen LogP contribution in [0.5, 0.6) is 0 Å². The Morgan fingerprint density at radius 1 is 1.12 bits per heavy atom. The Kier molecular flexibility index (Phi) is 8.58. The summed E-state index contributed by atoms with van der Waals surface area (Å²) in [4.78, 5) is 0. The van der Waals surface area contributed by atoms with Crippen molar-refractivity contribution >= 4 is 44.9 Å². The van der Waals surface area contributed by atoms with Crippen LogP contribution < -0.4 is 9.67 Å². The van der Waals surface area contributed by atoms with Gasteiger partial charge >= 0.3 is 99.2 Å². The molecule has 0 aliphatic carbocycles.